The molecule has 0 spiro atoms. The molecule has 0 radical (unpaired) electrons. The SMILES string of the molecule is O=C(C1CC=CCC1)N(C1CC1)C1CCc2ccccc21. The number of carbonyl (C=O) groups is 1. The van der Waals surface area contributed by atoms with Gasteiger partial charge in [0.2, 0.25) is 5.91 Å². The molecule has 110 valence electrons. The van der Waals surface area contributed by atoms with Crippen LogP contribution in [0.4, 0.5) is 0 Å². The zero-order valence-electron chi connectivity index (χ0n) is 12.5. The molecule has 0 aliphatic heterocycles. The van der Waals surface area contributed by atoms with Gasteiger partial charge in [0.05, 0.1) is 6.04 Å². The molecule has 3 aliphatic rings. The first kappa shape index (κ1) is 13.1. The highest BCUT2D eigenvalue weighted by molar-refractivity contribution is 5.80. The van der Waals surface area contributed by atoms with Gasteiger partial charge in [-0.2, -0.15) is 0 Å². The van der Waals surface area contributed by atoms with E-state index in [0.29, 0.717) is 18.0 Å². The zero-order valence-corrected chi connectivity index (χ0v) is 12.5. The maximum atomic E-state index is 13.1. The smallest absolute Gasteiger partial charge is 0.226 e. The lowest BCUT2D eigenvalue weighted by Gasteiger charge is -2.33. The van der Waals surface area contributed by atoms with Gasteiger partial charge in [0.1, 0.15) is 0 Å². The summed E-state index contributed by atoms with van der Waals surface area (Å²) < 4.78 is 0. The van der Waals surface area contributed by atoms with Gasteiger partial charge in [-0.3, -0.25) is 4.79 Å². The number of fused-ring (bicyclic) bond motifs is 1. The number of nitrogens with zero attached hydrogens (tertiary/aromatic N) is 1. The number of allylic oxidation sites excluding steroid dienone is 2. The van der Waals surface area contributed by atoms with Crippen LogP contribution in [-0.2, 0) is 11.2 Å². The Balaban J connectivity index is 1.61. The first-order valence-electron chi connectivity index (χ1n) is 8.39. The molecule has 1 amide bonds. The molecular weight excluding hydrogens is 258 g/mol. The van der Waals surface area contributed by atoms with Crippen molar-refractivity contribution in [3.8, 4) is 0 Å². The largest absolute Gasteiger partial charge is 0.332 e. The van der Waals surface area contributed by atoms with Gasteiger partial charge in [-0.05, 0) is 56.1 Å². The number of amides is 1. The summed E-state index contributed by atoms with van der Waals surface area (Å²) in [6.07, 6.45) is 12.1. The fourth-order valence-corrected chi connectivity index (χ4v) is 3.99. The third kappa shape index (κ3) is 2.41. The van der Waals surface area contributed by atoms with Crippen molar-refractivity contribution >= 4 is 5.91 Å². The van der Waals surface area contributed by atoms with Crippen molar-refractivity contribution in [2.75, 3.05) is 0 Å². The molecule has 2 nitrogen and oxygen atoms in total. The van der Waals surface area contributed by atoms with Crippen LogP contribution in [0.1, 0.15) is 55.7 Å². The predicted octanol–water partition coefficient (Wildman–Crippen LogP) is 4.02. The molecule has 3 aliphatic carbocycles. The Bertz CT molecular complexity index is 573. The van der Waals surface area contributed by atoms with Gasteiger partial charge in [0.15, 0.2) is 0 Å². The molecule has 21 heavy (non-hydrogen) atoms. The van der Waals surface area contributed by atoms with E-state index in [9.17, 15) is 4.79 Å². The Labute approximate surface area is 126 Å². The first-order valence-corrected chi connectivity index (χ1v) is 8.39. The summed E-state index contributed by atoms with van der Waals surface area (Å²) in [5.74, 6) is 0.645. The Morgan fingerprint density at radius 2 is 1.90 bits per heavy atom. The molecule has 2 heteroatoms. The number of aryl methyl sites for hydroxylation is 1. The number of rotatable bonds is 3. The van der Waals surface area contributed by atoms with Crippen LogP contribution in [0.2, 0.25) is 0 Å². The van der Waals surface area contributed by atoms with E-state index in [0.717, 1.165) is 32.1 Å². The molecule has 0 heterocycles. The lowest BCUT2D eigenvalue weighted by Crippen LogP contribution is -2.40. The van der Waals surface area contributed by atoms with Crippen molar-refractivity contribution in [3.63, 3.8) is 0 Å². The number of hydrogen-bond acceptors (Lipinski definition) is 1. The van der Waals surface area contributed by atoms with E-state index in [4.69, 9.17) is 0 Å². The van der Waals surface area contributed by atoms with Crippen molar-refractivity contribution < 1.29 is 4.79 Å². The number of hydrogen-bond donors (Lipinski definition) is 0. The second kappa shape index (κ2) is 5.32. The summed E-state index contributed by atoms with van der Waals surface area (Å²) in [4.78, 5) is 15.3. The minimum absolute atomic E-state index is 0.225. The summed E-state index contributed by atoms with van der Waals surface area (Å²) >= 11 is 0. The standard InChI is InChI=1S/C19H23NO/c21-19(15-7-2-1-3-8-15)20(16-11-12-16)18-13-10-14-6-4-5-9-17(14)18/h1-2,4-6,9,15-16,18H,3,7-8,10-13H2. The van der Waals surface area contributed by atoms with E-state index in [1.54, 1.807) is 0 Å². The Morgan fingerprint density at radius 3 is 2.67 bits per heavy atom. The topological polar surface area (TPSA) is 20.3 Å². The second-order valence-corrected chi connectivity index (χ2v) is 6.71. The summed E-state index contributed by atoms with van der Waals surface area (Å²) in [5, 5.41) is 0. The zero-order chi connectivity index (χ0) is 14.2. The van der Waals surface area contributed by atoms with Crippen LogP contribution in [0.25, 0.3) is 0 Å². The van der Waals surface area contributed by atoms with Gasteiger partial charge in [-0.1, -0.05) is 36.4 Å². The van der Waals surface area contributed by atoms with Crippen LogP contribution in [0, 0.1) is 5.92 Å². The molecule has 0 bridgehead atoms. The molecule has 4 rings (SSSR count). The lowest BCUT2D eigenvalue weighted by molar-refractivity contribution is -0.139. The van der Waals surface area contributed by atoms with Crippen LogP contribution in [0.5, 0.6) is 0 Å². The second-order valence-electron chi connectivity index (χ2n) is 6.71. The van der Waals surface area contributed by atoms with E-state index in [-0.39, 0.29) is 5.92 Å². The van der Waals surface area contributed by atoms with Crippen LogP contribution in [0.15, 0.2) is 36.4 Å². The maximum absolute atomic E-state index is 13.1. The molecule has 2 unspecified atom stereocenters. The first-order chi connectivity index (χ1) is 10.3. The van der Waals surface area contributed by atoms with Crippen LogP contribution in [0.3, 0.4) is 0 Å². The molecular formula is C19H23NO. The van der Waals surface area contributed by atoms with Crippen molar-refractivity contribution in [3.05, 3.63) is 47.5 Å². The molecule has 1 aromatic rings. The maximum Gasteiger partial charge on any atom is 0.226 e. The Hall–Kier alpha value is -1.57. The molecule has 0 N–H and O–H groups in total. The van der Waals surface area contributed by atoms with Gasteiger partial charge in [-0.25, -0.2) is 0 Å². The van der Waals surface area contributed by atoms with Gasteiger partial charge in [-0.15, -0.1) is 0 Å². The molecule has 0 saturated heterocycles. The van der Waals surface area contributed by atoms with Crippen LogP contribution in [-0.4, -0.2) is 16.8 Å². The lowest BCUT2D eigenvalue weighted by atomic mass is 9.92. The monoisotopic (exact) mass is 281 g/mol. The summed E-state index contributed by atoms with van der Waals surface area (Å²) in [5.41, 5.74) is 2.86. The number of carbonyl (C=O) groups excluding carboxylic acids is 1. The normalized spacial score (nSPS) is 27.4. The summed E-state index contributed by atoms with van der Waals surface area (Å²) in [6, 6.07) is 9.56. The van der Waals surface area contributed by atoms with Gasteiger partial charge >= 0.3 is 0 Å². The third-order valence-corrected chi connectivity index (χ3v) is 5.25. The average Bonchev–Trinajstić information content (AvgIpc) is 3.29. The van der Waals surface area contributed by atoms with Crippen molar-refractivity contribution in [2.24, 2.45) is 5.92 Å². The van der Waals surface area contributed by atoms with E-state index in [1.807, 2.05) is 0 Å². The molecule has 1 saturated carbocycles. The molecule has 0 aromatic heterocycles. The number of benzene rings is 1. The van der Waals surface area contributed by atoms with E-state index in [1.165, 1.54) is 24.0 Å². The van der Waals surface area contributed by atoms with Crippen molar-refractivity contribution in [1.82, 2.24) is 4.90 Å². The Kier molecular flexibility index (Phi) is 3.33. The fourth-order valence-electron chi connectivity index (χ4n) is 3.99. The van der Waals surface area contributed by atoms with Crippen molar-refractivity contribution in [2.45, 2.75) is 57.0 Å². The van der Waals surface area contributed by atoms with Crippen molar-refractivity contribution in [1.29, 1.82) is 0 Å². The van der Waals surface area contributed by atoms with E-state index >= 15 is 0 Å². The van der Waals surface area contributed by atoms with E-state index in [2.05, 4.69) is 41.3 Å². The highest BCUT2D eigenvalue weighted by atomic mass is 16.2. The molecule has 1 aromatic carbocycles. The average molecular weight is 281 g/mol. The summed E-state index contributed by atoms with van der Waals surface area (Å²) in [7, 11) is 0. The highest BCUT2D eigenvalue weighted by Gasteiger charge is 2.42. The van der Waals surface area contributed by atoms with Crippen LogP contribution >= 0.6 is 0 Å². The highest BCUT2D eigenvalue weighted by Crippen LogP contribution is 2.43. The molecule has 2 atom stereocenters. The third-order valence-electron chi connectivity index (χ3n) is 5.25. The molecule has 1 fully saturated rings. The predicted molar refractivity (Wildman–Crippen MR) is 83.9 cm³/mol. The Morgan fingerprint density at radius 1 is 1.05 bits per heavy atom. The summed E-state index contributed by atoms with van der Waals surface area (Å²) in [6.45, 7) is 0. The van der Waals surface area contributed by atoms with Gasteiger partial charge < -0.3 is 4.90 Å². The fraction of sp³-hybridized carbons (Fsp3) is 0.526. The van der Waals surface area contributed by atoms with Crippen LogP contribution < -0.4 is 0 Å². The van der Waals surface area contributed by atoms with Gasteiger partial charge in [0, 0.05) is 12.0 Å². The van der Waals surface area contributed by atoms with E-state index < -0.39 is 0 Å². The quantitative estimate of drug-likeness (QED) is 0.766. The minimum Gasteiger partial charge on any atom is -0.332 e. The van der Waals surface area contributed by atoms with Gasteiger partial charge in [0.25, 0.3) is 0 Å². The minimum atomic E-state index is 0.225.